The summed E-state index contributed by atoms with van der Waals surface area (Å²) in [6.07, 6.45) is 4.30. The number of likely N-dealkylation sites (N-methyl/N-ethyl adjacent to an activating group) is 1. The molecule has 6 heterocycles. The predicted octanol–water partition coefficient (Wildman–Crippen LogP) is 3.37. The van der Waals surface area contributed by atoms with Crippen molar-refractivity contribution in [1.29, 1.82) is 0 Å². The van der Waals surface area contributed by atoms with Crippen molar-refractivity contribution in [3.8, 4) is 5.75 Å². The number of amides is 1. The highest BCUT2D eigenvalue weighted by atomic mass is 16.6. The Morgan fingerprint density at radius 3 is 2.29 bits per heavy atom. The third kappa shape index (κ3) is 7.68. The molecule has 5 aliphatic heterocycles. The van der Waals surface area contributed by atoms with Crippen molar-refractivity contribution in [1.82, 2.24) is 20.1 Å². The minimum absolute atomic E-state index is 0.0491. The number of carboxylic acids is 2. The number of aromatic amines is 1. The van der Waals surface area contributed by atoms with Crippen LogP contribution in [0.3, 0.4) is 0 Å². The van der Waals surface area contributed by atoms with Gasteiger partial charge < -0.3 is 54.9 Å². The van der Waals surface area contributed by atoms with Gasteiger partial charge in [0.15, 0.2) is 12.2 Å². The van der Waals surface area contributed by atoms with Gasteiger partial charge in [-0.2, -0.15) is 0 Å². The Bertz CT molecular complexity index is 2610. The summed E-state index contributed by atoms with van der Waals surface area (Å²) in [6, 6.07) is 11.8. The molecular formula is C52H67N5O13. The van der Waals surface area contributed by atoms with Gasteiger partial charge in [0.1, 0.15) is 22.9 Å². The fourth-order valence-electron chi connectivity index (χ4n) is 13.5. The second-order valence-electron chi connectivity index (χ2n) is 19.8. The van der Waals surface area contributed by atoms with Crippen LogP contribution in [-0.2, 0) is 50.8 Å². The first-order chi connectivity index (χ1) is 33.4. The van der Waals surface area contributed by atoms with E-state index >= 15 is 4.79 Å². The summed E-state index contributed by atoms with van der Waals surface area (Å²) < 4.78 is 18.9. The lowest BCUT2D eigenvalue weighted by molar-refractivity contribution is -0.218. The monoisotopic (exact) mass is 969 g/mol. The number of carboxylic acid groups (broad SMARTS) is 2. The number of nitrogens with zero attached hydrogens (tertiary/aromatic N) is 3. The number of carbonyl (C=O) groups excluding carboxylic acids is 3. The number of aromatic nitrogens is 1. The van der Waals surface area contributed by atoms with E-state index in [1.807, 2.05) is 13.1 Å². The topological polar surface area (TPSA) is 252 Å². The summed E-state index contributed by atoms with van der Waals surface area (Å²) in [5.74, 6) is -3.88. The number of esters is 2. The van der Waals surface area contributed by atoms with Crippen LogP contribution in [-0.4, -0.2) is 160 Å². The summed E-state index contributed by atoms with van der Waals surface area (Å²) in [6.45, 7) is 11.6. The summed E-state index contributed by atoms with van der Waals surface area (Å²) in [5.41, 5.74) is 2.31. The molecule has 6 aliphatic rings. The Labute approximate surface area is 407 Å². The molecule has 2 bridgehead atoms. The highest BCUT2D eigenvalue weighted by Crippen LogP contribution is 2.68. The minimum Gasteiger partial charge on any atom is -0.496 e. The van der Waals surface area contributed by atoms with Crippen LogP contribution in [0.4, 0.5) is 5.69 Å². The molecule has 2 aromatic carbocycles. The molecule has 3 aromatic rings. The van der Waals surface area contributed by atoms with Crippen molar-refractivity contribution in [3.63, 3.8) is 0 Å². The van der Waals surface area contributed by atoms with Gasteiger partial charge in [0.2, 0.25) is 5.91 Å². The zero-order chi connectivity index (χ0) is 50.7. The Morgan fingerprint density at radius 2 is 1.66 bits per heavy atom. The Balaban J connectivity index is 0.000000595. The fourth-order valence-corrected chi connectivity index (χ4v) is 13.5. The maximum Gasteiger partial charge on any atom is 0.335 e. The molecule has 9 rings (SSSR count). The summed E-state index contributed by atoms with van der Waals surface area (Å²) in [4.78, 5) is 72.3. The molecule has 2 fully saturated rings. The van der Waals surface area contributed by atoms with Crippen LogP contribution in [0, 0.1) is 11.3 Å². The van der Waals surface area contributed by atoms with E-state index in [1.165, 1.54) is 12.7 Å². The maximum atomic E-state index is 15.3. The molecule has 18 nitrogen and oxygen atoms in total. The van der Waals surface area contributed by atoms with E-state index < -0.39 is 64.1 Å². The van der Waals surface area contributed by atoms with E-state index in [1.54, 1.807) is 21.0 Å². The fraction of sp³-hybridized carbons (Fsp3) is 0.558. The molecule has 1 aromatic heterocycles. The molecular weight excluding hydrogens is 903 g/mol. The molecule has 1 saturated carbocycles. The second-order valence-corrected chi connectivity index (χ2v) is 19.8. The first-order valence-corrected chi connectivity index (χ1v) is 24.3. The number of fused-ring (bicyclic) bond motifs is 6. The van der Waals surface area contributed by atoms with Gasteiger partial charge >= 0.3 is 23.9 Å². The summed E-state index contributed by atoms with van der Waals surface area (Å²) >= 11 is 0. The van der Waals surface area contributed by atoms with Gasteiger partial charge in [-0.05, 0) is 61.4 Å². The molecule has 1 aliphatic carbocycles. The Kier molecular flexibility index (Phi) is 13.8. The lowest BCUT2D eigenvalue weighted by Crippen LogP contribution is -2.81. The molecule has 3 unspecified atom stereocenters. The highest BCUT2D eigenvalue weighted by molar-refractivity contribution is 5.94. The zero-order valence-electron chi connectivity index (χ0n) is 41.0. The predicted molar refractivity (Wildman–Crippen MR) is 257 cm³/mol. The molecule has 1 amide bonds. The van der Waals surface area contributed by atoms with Crippen molar-refractivity contribution < 1.29 is 63.7 Å². The number of aliphatic hydroxyl groups excluding tert-OH is 2. The molecule has 1 spiro atoms. The Hall–Kier alpha value is -5.79. The van der Waals surface area contributed by atoms with Crippen molar-refractivity contribution >= 4 is 46.4 Å². The quantitative estimate of drug-likeness (QED) is 0.0958. The van der Waals surface area contributed by atoms with Crippen LogP contribution >= 0.6 is 0 Å². The van der Waals surface area contributed by atoms with Gasteiger partial charge in [0.05, 0.1) is 26.8 Å². The number of hydrogen-bond donors (Lipinski definition) is 7. The SMILES string of the molecule is CCC(=O)NC[C@@]1(O)[C@H](OC(=O)CC)[C@]2(CC)C=CCN3CC[C@@]4(c5cc([C@@]6(C(=O)OC)C[C@@H]7C=C(CC)CN(Cc8c6[nH]c6ccccc86)C7)c(OC)cc5N(C)[C@@H]14)[C@@H]32.O=C(O)C(O)C(O)C(=O)O. The highest BCUT2D eigenvalue weighted by Gasteiger charge is 2.78. The number of aliphatic carboxylic acids is 2. The third-order valence-electron chi connectivity index (χ3n) is 16.3. The second kappa shape index (κ2) is 19.1. The molecule has 378 valence electrons. The number of nitrogens with one attached hydrogen (secondary N) is 2. The minimum atomic E-state index is -2.27. The molecule has 18 heteroatoms. The standard InChI is InChI=1S/C48H61N5O7.C4H6O6/c1-8-29-21-30-24-47(44(56)59-7,40-32(27-52(25-29)26-30)31-15-12-13-16-35(31)50-40)34-22-33-36(23-37(34)58-6)51(5)42-46(33)18-20-53-19-14-17-45(11-4,41(46)53)43(60-39(55)10-3)48(42,57)28-49-38(54)9-2;5-1(3(7)8)2(6)4(9)10/h12-17,21-23,30,41-43,50,57H,8-11,18-20,24-28H2,1-7H3,(H,49,54);1-2,5-6H,(H,7,8)(H,9,10)/t30-,41-,42+,43+,45+,46+,47-,48-;/m0./s1. The Morgan fingerprint density at radius 1 is 0.943 bits per heavy atom. The van der Waals surface area contributed by atoms with E-state index in [4.69, 9.17) is 34.6 Å². The average Bonchev–Trinajstić information content (AvgIpc) is 4.01. The van der Waals surface area contributed by atoms with Crippen molar-refractivity contribution in [3.05, 3.63) is 82.6 Å². The van der Waals surface area contributed by atoms with Gasteiger partial charge in [-0.15, -0.1) is 0 Å². The smallest absolute Gasteiger partial charge is 0.335 e. The van der Waals surface area contributed by atoms with E-state index in [-0.39, 0.29) is 43.2 Å². The number of carbonyl (C=O) groups is 5. The van der Waals surface area contributed by atoms with Gasteiger partial charge in [-0.25, -0.2) is 9.59 Å². The maximum absolute atomic E-state index is 15.3. The van der Waals surface area contributed by atoms with E-state index in [9.17, 15) is 24.3 Å². The van der Waals surface area contributed by atoms with Crippen LogP contribution < -0.4 is 15.0 Å². The number of methoxy groups -OCH3 is 2. The number of ether oxygens (including phenoxy) is 3. The molecule has 1 saturated heterocycles. The first-order valence-electron chi connectivity index (χ1n) is 24.3. The van der Waals surface area contributed by atoms with Crippen LogP contribution in [0.5, 0.6) is 5.75 Å². The van der Waals surface area contributed by atoms with Gasteiger partial charge in [0.25, 0.3) is 0 Å². The van der Waals surface area contributed by atoms with Gasteiger partial charge in [-0.1, -0.05) is 69.7 Å². The van der Waals surface area contributed by atoms with Crippen LogP contribution in [0.2, 0.25) is 0 Å². The van der Waals surface area contributed by atoms with Gasteiger partial charge in [0, 0.05) is 96.9 Å². The molecule has 11 atom stereocenters. The van der Waals surface area contributed by atoms with Crippen molar-refractivity contribution in [2.75, 3.05) is 58.9 Å². The van der Waals surface area contributed by atoms with E-state index in [0.29, 0.717) is 31.6 Å². The number of para-hydroxylation sites is 1. The molecule has 7 N–H and O–H groups in total. The summed E-state index contributed by atoms with van der Waals surface area (Å²) in [7, 11) is 5.14. The van der Waals surface area contributed by atoms with E-state index in [0.717, 1.165) is 71.6 Å². The van der Waals surface area contributed by atoms with Crippen LogP contribution in [0.25, 0.3) is 10.9 Å². The van der Waals surface area contributed by atoms with Gasteiger partial charge in [-0.3, -0.25) is 24.2 Å². The molecule has 0 radical (unpaired) electrons. The number of H-pyrrole nitrogens is 1. The van der Waals surface area contributed by atoms with Crippen molar-refractivity contribution in [2.45, 2.75) is 120 Å². The van der Waals surface area contributed by atoms with Crippen LogP contribution in [0.15, 0.2) is 60.2 Å². The number of benzene rings is 2. The normalized spacial score (nSPS) is 31.2. The number of hydrogen-bond acceptors (Lipinski definition) is 14. The number of aliphatic hydroxyl groups is 3. The summed E-state index contributed by atoms with van der Waals surface area (Å²) in [5, 5.41) is 50.4. The largest absolute Gasteiger partial charge is 0.496 e. The zero-order valence-corrected chi connectivity index (χ0v) is 41.0. The molecule has 70 heavy (non-hydrogen) atoms. The lowest BCUT2D eigenvalue weighted by atomic mass is 9.47. The average molecular weight is 970 g/mol. The van der Waals surface area contributed by atoms with Crippen LogP contribution in [0.1, 0.15) is 88.6 Å². The third-order valence-corrected chi connectivity index (χ3v) is 16.3. The van der Waals surface area contributed by atoms with E-state index in [2.05, 4.69) is 87.4 Å². The first kappa shape index (κ1) is 50.6. The number of anilines is 1. The lowest BCUT2D eigenvalue weighted by Gasteiger charge is -2.64. The number of rotatable bonds is 13. The van der Waals surface area contributed by atoms with Crippen molar-refractivity contribution in [2.24, 2.45) is 11.3 Å².